The van der Waals surface area contributed by atoms with Crippen LogP contribution in [0.2, 0.25) is 11.1 Å². The predicted octanol–water partition coefficient (Wildman–Crippen LogP) is 5.32. The van der Waals surface area contributed by atoms with Crippen LogP contribution in [0.25, 0.3) is 11.0 Å². The van der Waals surface area contributed by atoms with E-state index in [1.807, 2.05) is 6.20 Å². The van der Waals surface area contributed by atoms with Gasteiger partial charge in [0.1, 0.15) is 5.65 Å². The molecule has 0 aromatic carbocycles. The Morgan fingerprint density at radius 1 is 1.15 bits per heavy atom. The lowest BCUT2D eigenvalue weighted by Crippen LogP contribution is -2.55. The molecule has 0 aliphatic carbocycles. The molecule has 1 atom stereocenters. The van der Waals surface area contributed by atoms with Gasteiger partial charge < -0.3 is 4.23 Å². The van der Waals surface area contributed by atoms with Crippen molar-refractivity contribution in [1.82, 2.24) is 9.22 Å². The molecule has 0 saturated carbocycles. The van der Waals surface area contributed by atoms with Crippen LogP contribution in [0, 0.1) is 6.92 Å². The van der Waals surface area contributed by atoms with Crippen molar-refractivity contribution < 1.29 is 0 Å². The van der Waals surface area contributed by atoms with Crippen molar-refractivity contribution in [1.29, 1.82) is 0 Å². The van der Waals surface area contributed by atoms with E-state index in [0.29, 0.717) is 14.6 Å². The molecular formula is C16H25IN2Si. The first kappa shape index (κ1) is 16.0. The van der Waals surface area contributed by atoms with Gasteiger partial charge in [0.05, 0.1) is 0 Å². The highest BCUT2D eigenvalue weighted by Crippen LogP contribution is 2.41. The van der Waals surface area contributed by atoms with Crippen molar-refractivity contribution in [3.8, 4) is 0 Å². The Morgan fingerprint density at radius 3 is 2.25 bits per heavy atom. The van der Waals surface area contributed by atoms with E-state index >= 15 is 0 Å². The summed E-state index contributed by atoms with van der Waals surface area (Å²) in [6.45, 7) is 14.1. The second kappa shape index (κ2) is 5.79. The van der Waals surface area contributed by atoms with E-state index in [1.165, 1.54) is 16.6 Å². The highest BCUT2D eigenvalue weighted by atomic mass is 127. The van der Waals surface area contributed by atoms with Crippen molar-refractivity contribution in [3.63, 3.8) is 0 Å². The standard InChI is InChI=1S/C16H25IN2Si/c1-11(2)20(12(3)4,14(6)17)19-8-7-15-9-13(5)10-18-16(15)19/h7-12,14H,1-6H3. The molecule has 0 aliphatic rings. The van der Waals surface area contributed by atoms with Gasteiger partial charge in [-0.3, -0.25) is 0 Å². The number of halogens is 1. The maximum Gasteiger partial charge on any atom is 0.181 e. The van der Waals surface area contributed by atoms with Crippen LogP contribution in [0.4, 0.5) is 0 Å². The number of hydrogen-bond acceptors (Lipinski definition) is 1. The number of hydrogen-bond donors (Lipinski definition) is 0. The van der Waals surface area contributed by atoms with Crippen LogP contribution in [0.1, 0.15) is 40.2 Å². The van der Waals surface area contributed by atoms with Crippen LogP contribution in [-0.2, 0) is 0 Å². The lowest BCUT2D eigenvalue weighted by atomic mass is 10.2. The summed E-state index contributed by atoms with van der Waals surface area (Å²) in [6.07, 6.45) is 4.29. The number of pyridine rings is 1. The molecule has 20 heavy (non-hydrogen) atoms. The fraction of sp³-hybridized carbons (Fsp3) is 0.562. The second-order valence-electron chi connectivity index (χ2n) is 6.42. The fourth-order valence-electron chi connectivity index (χ4n) is 3.78. The second-order valence-corrected chi connectivity index (χ2v) is 14.9. The van der Waals surface area contributed by atoms with Crippen LogP contribution in [0.5, 0.6) is 0 Å². The van der Waals surface area contributed by atoms with Crippen molar-refractivity contribution in [3.05, 3.63) is 30.1 Å². The van der Waals surface area contributed by atoms with Gasteiger partial charge >= 0.3 is 0 Å². The molecule has 2 aromatic rings. The molecule has 110 valence electrons. The SMILES string of the molecule is Cc1cnc2c(ccn2[Si](C(C)C)(C(C)C)C(C)I)c1. The summed E-state index contributed by atoms with van der Waals surface area (Å²) in [7, 11) is -1.69. The van der Waals surface area contributed by atoms with Crippen molar-refractivity contribution in [2.24, 2.45) is 0 Å². The summed E-state index contributed by atoms with van der Waals surface area (Å²) in [5.41, 5.74) is 3.79. The maximum atomic E-state index is 4.75. The molecule has 0 N–H and O–H groups in total. The summed E-state index contributed by atoms with van der Waals surface area (Å²) < 4.78 is 3.23. The third-order valence-electron chi connectivity index (χ3n) is 4.57. The number of aromatic nitrogens is 2. The normalized spacial score (nSPS) is 14.4. The Morgan fingerprint density at radius 2 is 1.75 bits per heavy atom. The fourth-order valence-corrected chi connectivity index (χ4v) is 14.5. The molecule has 2 nitrogen and oxygen atoms in total. The van der Waals surface area contributed by atoms with Crippen molar-refractivity contribution in [2.45, 2.75) is 56.2 Å². The average Bonchev–Trinajstić information content (AvgIpc) is 2.72. The van der Waals surface area contributed by atoms with Crippen LogP contribution < -0.4 is 0 Å². The molecule has 2 heterocycles. The first-order valence-corrected chi connectivity index (χ1v) is 10.8. The molecule has 0 bridgehead atoms. The van der Waals surface area contributed by atoms with E-state index in [0.717, 1.165) is 0 Å². The molecule has 0 aliphatic heterocycles. The molecule has 0 fully saturated rings. The van der Waals surface area contributed by atoms with E-state index < -0.39 is 8.24 Å². The van der Waals surface area contributed by atoms with Crippen molar-refractivity contribution >= 4 is 41.9 Å². The van der Waals surface area contributed by atoms with Gasteiger partial charge in [-0.25, -0.2) is 4.98 Å². The smallest absolute Gasteiger partial charge is 0.181 e. The van der Waals surface area contributed by atoms with Crippen LogP contribution in [0.15, 0.2) is 24.5 Å². The van der Waals surface area contributed by atoms with Crippen molar-refractivity contribution in [2.75, 3.05) is 0 Å². The zero-order chi connectivity index (χ0) is 15.1. The maximum absolute atomic E-state index is 4.75. The van der Waals surface area contributed by atoms with E-state index in [9.17, 15) is 0 Å². The zero-order valence-electron chi connectivity index (χ0n) is 13.3. The van der Waals surface area contributed by atoms with Gasteiger partial charge in [0.2, 0.25) is 0 Å². The summed E-state index contributed by atoms with van der Waals surface area (Å²) in [5.74, 6) is 0. The van der Waals surface area contributed by atoms with E-state index in [4.69, 9.17) is 4.98 Å². The molecule has 4 heteroatoms. The Bertz CT molecular complexity index is 580. The molecule has 1 unspecified atom stereocenters. The van der Waals surface area contributed by atoms with Crippen LogP contribution >= 0.6 is 22.6 Å². The quantitative estimate of drug-likeness (QED) is 0.386. The van der Waals surface area contributed by atoms with Gasteiger partial charge in [-0.15, -0.1) is 0 Å². The third-order valence-corrected chi connectivity index (χ3v) is 13.7. The number of rotatable bonds is 4. The minimum Gasteiger partial charge on any atom is -0.358 e. The summed E-state index contributed by atoms with van der Waals surface area (Å²) >= 11 is 2.64. The monoisotopic (exact) mass is 400 g/mol. The lowest BCUT2D eigenvalue weighted by molar-refractivity contribution is 0.824. The highest BCUT2D eigenvalue weighted by Gasteiger charge is 2.46. The summed E-state index contributed by atoms with van der Waals surface area (Å²) in [4.78, 5) is 4.75. The minimum atomic E-state index is -1.69. The molecule has 2 rings (SSSR count). The number of alkyl halides is 1. The van der Waals surface area contributed by atoms with Gasteiger partial charge in [-0.1, -0.05) is 57.2 Å². The Balaban J connectivity index is 2.75. The molecule has 0 amide bonds. The Kier molecular flexibility index (Phi) is 4.64. The van der Waals surface area contributed by atoms with Crippen LogP contribution in [0.3, 0.4) is 0 Å². The van der Waals surface area contributed by atoms with E-state index in [1.54, 1.807) is 0 Å². The van der Waals surface area contributed by atoms with E-state index in [2.05, 4.69) is 86.7 Å². The molecular weight excluding hydrogens is 375 g/mol. The largest absolute Gasteiger partial charge is 0.358 e. The third kappa shape index (κ3) is 2.34. The molecule has 0 radical (unpaired) electrons. The first-order valence-electron chi connectivity index (χ1n) is 7.40. The topological polar surface area (TPSA) is 17.8 Å². The zero-order valence-corrected chi connectivity index (χ0v) is 16.5. The summed E-state index contributed by atoms with van der Waals surface area (Å²) in [5, 5.41) is 1.28. The van der Waals surface area contributed by atoms with Gasteiger partial charge in [0, 0.05) is 15.1 Å². The lowest BCUT2D eigenvalue weighted by Gasteiger charge is -2.43. The molecule has 0 saturated heterocycles. The highest BCUT2D eigenvalue weighted by molar-refractivity contribution is 14.1. The Labute approximate surface area is 137 Å². The van der Waals surface area contributed by atoms with Gasteiger partial charge in [-0.2, -0.15) is 0 Å². The van der Waals surface area contributed by atoms with Gasteiger partial charge in [0.15, 0.2) is 8.24 Å². The number of fused-ring (bicyclic) bond motifs is 1. The first-order chi connectivity index (χ1) is 9.31. The molecule has 0 spiro atoms. The Hall–Kier alpha value is -0.363. The predicted molar refractivity (Wildman–Crippen MR) is 99.3 cm³/mol. The van der Waals surface area contributed by atoms with E-state index in [-0.39, 0.29) is 0 Å². The van der Waals surface area contributed by atoms with Gasteiger partial charge in [-0.05, 0) is 41.9 Å². The number of nitrogens with zero attached hydrogens (tertiary/aromatic N) is 2. The molecule has 2 aromatic heterocycles. The number of aryl methyl sites for hydroxylation is 1. The minimum absolute atomic E-state index is 0.666. The van der Waals surface area contributed by atoms with Crippen LogP contribution in [-0.4, -0.2) is 21.0 Å². The van der Waals surface area contributed by atoms with Gasteiger partial charge in [0.25, 0.3) is 0 Å². The average molecular weight is 400 g/mol. The summed E-state index contributed by atoms with van der Waals surface area (Å²) in [6, 6.07) is 4.48.